The van der Waals surface area contributed by atoms with Crippen molar-refractivity contribution < 1.29 is 71.5 Å². The third-order valence-corrected chi connectivity index (χ3v) is 15.6. The minimum absolute atomic E-state index is 0.0244. The lowest BCUT2D eigenvalue weighted by atomic mass is 9.43. The molecule has 318 valence electrons. The van der Waals surface area contributed by atoms with Crippen LogP contribution in [0.2, 0.25) is 0 Å². The highest BCUT2D eigenvalue weighted by Gasteiger charge is 2.64. The van der Waals surface area contributed by atoms with E-state index in [1.807, 2.05) is 6.92 Å². The molecule has 0 aromatic carbocycles. The molecule has 7 N–H and O–H groups in total. The summed E-state index contributed by atoms with van der Waals surface area (Å²) in [6.07, 6.45) is -4.98. The molecule has 4 saturated carbocycles. The first-order valence-electron chi connectivity index (χ1n) is 20.2. The number of hydrogen-bond donors (Lipinski definition) is 7. The minimum atomic E-state index is -5.05. The number of aliphatic hydroxyl groups is 6. The maximum atomic E-state index is 11.8. The summed E-state index contributed by atoms with van der Waals surface area (Å²) in [5.74, 6) is 1.33. The summed E-state index contributed by atoms with van der Waals surface area (Å²) in [5.41, 5.74) is 0.850. The van der Waals surface area contributed by atoms with Gasteiger partial charge in [-0.3, -0.25) is 4.55 Å². The van der Waals surface area contributed by atoms with E-state index in [0.717, 1.165) is 44.1 Å². The highest BCUT2D eigenvalue weighted by atomic mass is 32.3. The summed E-state index contributed by atoms with van der Waals surface area (Å²) in [6, 6.07) is 0. The highest BCUT2D eigenvalue weighted by Crippen LogP contribution is 2.68. The van der Waals surface area contributed by atoms with Crippen molar-refractivity contribution in [2.75, 3.05) is 26.9 Å². The second-order valence-electron chi connectivity index (χ2n) is 18.3. The Morgan fingerprint density at radius 2 is 1.51 bits per heavy atom. The quantitative estimate of drug-likeness (QED) is 0.104. The van der Waals surface area contributed by atoms with Gasteiger partial charge in [0.1, 0.15) is 36.6 Å². The van der Waals surface area contributed by atoms with Gasteiger partial charge in [-0.25, -0.2) is 4.18 Å². The average molecular weight is 807 g/mol. The summed E-state index contributed by atoms with van der Waals surface area (Å²) in [7, 11) is -3.79. The van der Waals surface area contributed by atoms with E-state index in [9.17, 15) is 43.6 Å². The van der Waals surface area contributed by atoms with Gasteiger partial charge >= 0.3 is 10.4 Å². The second kappa shape index (κ2) is 17.0. The molecule has 20 atom stereocenters. The largest absolute Gasteiger partial charge is 0.397 e. The Morgan fingerprint density at radius 1 is 0.836 bits per heavy atom. The normalized spacial score (nSPS) is 48.7. The van der Waals surface area contributed by atoms with Crippen LogP contribution in [0.3, 0.4) is 0 Å². The number of fused-ring (bicyclic) bond motifs is 5. The van der Waals surface area contributed by atoms with E-state index in [2.05, 4.69) is 27.4 Å². The molecule has 0 aromatic heterocycles. The average Bonchev–Trinajstić information content (AvgIpc) is 3.40. The van der Waals surface area contributed by atoms with Crippen molar-refractivity contribution in [2.45, 2.75) is 153 Å². The lowest BCUT2D eigenvalue weighted by Crippen LogP contribution is -2.61. The zero-order chi connectivity index (χ0) is 40.2. The van der Waals surface area contributed by atoms with Crippen LogP contribution < -0.4 is 0 Å². The Balaban J connectivity index is 1.06. The van der Waals surface area contributed by atoms with Crippen molar-refractivity contribution in [3.63, 3.8) is 0 Å². The lowest BCUT2D eigenvalue weighted by Gasteiger charge is -2.62. The molecule has 0 amide bonds. The van der Waals surface area contributed by atoms with Gasteiger partial charge in [0, 0.05) is 13.0 Å². The van der Waals surface area contributed by atoms with Gasteiger partial charge in [0.25, 0.3) is 0 Å². The molecule has 0 radical (unpaired) electrons. The van der Waals surface area contributed by atoms with Crippen LogP contribution in [-0.4, -0.2) is 138 Å². The maximum Gasteiger partial charge on any atom is 0.397 e. The number of ether oxygens (including phenoxy) is 5. The molecule has 6 fully saturated rings. The first-order chi connectivity index (χ1) is 25.8. The van der Waals surface area contributed by atoms with Crippen LogP contribution in [0.1, 0.15) is 85.5 Å². The van der Waals surface area contributed by atoms with E-state index in [1.54, 1.807) is 0 Å². The van der Waals surface area contributed by atoms with E-state index in [4.69, 9.17) is 27.9 Å². The van der Waals surface area contributed by atoms with Gasteiger partial charge in [-0.2, -0.15) is 8.42 Å². The fourth-order valence-corrected chi connectivity index (χ4v) is 12.6. The lowest BCUT2D eigenvalue weighted by molar-refractivity contribution is -0.343. The topological polar surface area (TPSA) is 231 Å². The molecule has 6 aliphatic rings. The van der Waals surface area contributed by atoms with E-state index >= 15 is 0 Å². The van der Waals surface area contributed by atoms with Gasteiger partial charge in [-0.1, -0.05) is 39.8 Å². The molecule has 16 heteroatoms. The van der Waals surface area contributed by atoms with E-state index in [-0.39, 0.29) is 53.8 Å². The molecule has 0 spiro atoms. The van der Waals surface area contributed by atoms with Crippen molar-refractivity contribution in [2.24, 2.45) is 52.3 Å². The van der Waals surface area contributed by atoms with Gasteiger partial charge in [-0.05, 0) is 104 Å². The smallest absolute Gasteiger partial charge is 0.393 e. The Labute approximate surface area is 325 Å². The van der Waals surface area contributed by atoms with Crippen molar-refractivity contribution >= 4 is 10.4 Å². The van der Waals surface area contributed by atoms with Crippen LogP contribution in [0.4, 0.5) is 0 Å². The van der Waals surface area contributed by atoms with E-state index in [0.29, 0.717) is 37.0 Å². The number of aliphatic hydroxyl groups excluding tert-OH is 6. The zero-order valence-corrected chi connectivity index (χ0v) is 33.7. The van der Waals surface area contributed by atoms with Crippen molar-refractivity contribution in [3.05, 3.63) is 12.2 Å². The third kappa shape index (κ3) is 8.75. The molecule has 2 saturated heterocycles. The Morgan fingerprint density at radius 3 is 2.20 bits per heavy atom. The van der Waals surface area contributed by atoms with Crippen molar-refractivity contribution in [1.29, 1.82) is 0 Å². The molecule has 4 aliphatic carbocycles. The summed E-state index contributed by atoms with van der Waals surface area (Å²) in [6.45, 7) is 12.6. The van der Waals surface area contributed by atoms with Gasteiger partial charge in [0.2, 0.25) is 0 Å². The summed E-state index contributed by atoms with van der Waals surface area (Å²) in [5, 5.41) is 64.6. The highest BCUT2D eigenvalue weighted by molar-refractivity contribution is 7.80. The molecule has 55 heavy (non-hydrogen) atoms. The number of methoxy groups -OCH3 is 1. The zero-order valence-electron chi connectivity index (χ0n) is 32.9. The number of rotatable bonds is 13. The molecule has 0 aromatic rings. The maximum absolute atomic E-state index is 11.8. The molecule has 6 rings (SSSR count). The first-order valence-corrected chi connectivity index (χ1v) is 21.6. The van der Waals surface area contributed by atoms with Crippen molar-refractivity contribution in [3.8, 4) is 0 Å². The van der Waals surface area contributed by atoms with Crippen LogP contribution in [0.15, 0.2) is 12.2 Å². The van der Waals surface area contributed by atoms with Crippen LogP contribution in [0, 0.1) is 52.3 Å². The Kier molecular flexibility index (Phi) is 13.5. The summed E-state index contributed by atoms with van der Waals surface area (Å²) >= 11 is 0. The summed E-state index contributed by atoms with van der Waals surface area (Å²) < 4.78 is 66.4. The van der Waals surface area contributed by atoms with Gasteiger partial charge < -0.3 is 54.3 Å². The van der Waals surface area contributed by atoms with Crippen LogP contribution in [0.5, 0.6) is 0 Å². The molecular weight excluding hydrogens is 740 g/mol. The fourth-order valence-electron chi connectivity index (χ4n) is 12.1. The molecule has 0 bridgehead atoms. The molecule has 2 aliphatic heterocycles. The van der Waals surface area contributed by atoms with Crippen molar-refractivity contribution in [1.82, 2.24) is 0 Å². The van der Waals surface area contributed by atoms with Crippen LogP contribution in [-0.2, 0) is 38.3 Å². The minimum Gasteiger partial charge on any atom is -0.393 e. The molecule has 15 nitrogen and oxygen atoms in total. The SMILES string of the molecule is C=C(CC[C@@H](C)[C@H]1C[C@@H](O)[C@H]2[C@@H]3C[C@H](O)[C@H]4C[C@@H](O)CC[C@]4(C)[C@H]3CC[C@@]21C)[C@H](C)CO[C@@H]1OC[C@@H](O)[C@H](OS(=O)(=O)O)[C@H]1O[C@@H]1OC[C@@H](O)[C@H](O)[C@H]1OC. The second-order valence-corrected chi connectivity index (χ2v) is 19.4. The number of hydrogen-bond acceptors (Lipinski definition) is 14. The van der Waals surface area contributed by atoms with Crippen LogP contribution >= 0.6 is 0 Å². The van der Waals surface area contributed by atoms with E-state index < -0.39 is 78.4 Å². The summed E-state index contributed by atoms with van der Waals surface area (Å²) in [4.78, 5) is 0. The Hall–Kier alpha value is -0.830. The standard InChI is InChI=1S/C39H66O15S/c1-19(21(3)16-50-36-35(33(30(44)18-51-36)54-55(46,47)48)53-37-34(49-6)32(45)29(43)17-52-37)7-8-20(2)25-15-28(42)31-23-14-27(41)26-13-22(40)9-11-38(26,4)24(23)10-12-39(25,31)5/h20-37,40-45H,1,7-18H2,2-6H3,(H,46,47,48)/t20-,21-,22+,23-,24+,25-,26-,27+,28-,29-,30-,31-,32+,33+,34-,35-,36-,37+,38-,39-/m1/s1. The van der Waals surface area contributed by atoms with Crippen LogP contribution in [0.25, 0.3) is 0 Å². The molecular formula is C39H66O15S. The Bertz CT molecular complexity index is 1430. The van der Waals surface area contributed by atoms with Gasteiger partial charge in [0.15, 0.2) is 12.6 Å². The van der Waals surface area contributed by atoms with Gasteiger partial charge in [-0.15, -0.1) is 0 Å². The van der Waals surface area contributed by atoms with E-state index in [1.165, 1.54) is 7.11 Å². The van der Waals surface area contributed by atoms with Gasteiger partial charge in [0.05, 0.1) is 38.1 Å². The molecule has 2 heterocycles. The monoisotopic (exact) mass is 806 g/mol. The predicted molar refractivity (Wildman–Crippen MR) is 196 cm³/mol. The fraction of sp³-hybridized carbons (Fsp3) is 0.949. The first kappa shape index (κ1) is 43.7. The predicted octanol–water partition coefficient (Wildman–Crippen LogP) is 1.96. The third-order valence-electron chi connectivity index (χ3n) is 15.1. The molecule has 0 unspecified atom stereocenters.